The minimum absolute atomic E-state index is 0.0809. The highest BCUT2D eigenvalue weighted by molar-refractivity contribution is 5.89. The van der Waals surface area contributed by atoms with Gasteiger partial charge in [0.1, 0.15) is 0 Å². The van der Waals surface area contributed by atoms with Gasteiger partial charge in [0.05, 0.1) is 18.6 Å². The number of carbonyl (C=O) groups is 2. The number of hydrogen-bond acceptors (Lipinski definition) is 5. The summed E-state index contributed by atoms with van der Waals surface area (Å²) in [6.07, 6.45) is 6.26. The summed E-state index contributed by atoms with van der Waals surface area (Å²) in [6.45, 7) is 5.27. The Hall–Kier alpha value is -2.34. The van der Waals surface area contributed by atoms with Crippen molar-refractivity contribution in [1.29, 1.82) is 0 Å². The van der Waals surface area contributed by atoms with Crippen LogP contribution in [0.25, 0.3) is 6.08 Å². The van der Waals surface area contributed by atoms with Crippen molar-refractivity contribution in [3.8, 4) is 0 Å². The molecule has 6 heteroatoms. The predicted molar refractivity (Wildman–Crippen MR) is 116 cm³/mol. The average molecular weight is 400 g/mol. The number of methoxy groups -OCH3 is 1. The normalized spacial score (nSPS) is 21.9. The molecule has 0 aromatic heterocycles. The van der Waals surface area contributed by atoms with Crippen LogP contribution in [0.5, 0.6) is 0 Å². The first-order valence-corrected chi connectivity index (χ1v) is 10.5. The molecule has 1 amide bonds. The summed E-state index contributed by atoms with van der Waals surface area (Å²) >= 11 is 0. The standard InChI is InChI=1S/C23H33N3O3/c1-5-26-21(27)17-20(22(28)29-4)23(26)12-15-25(16-13-23)14-6-7-18-8-10-19(11-9-18)24(2)3/h6-11,20H,5,12-17H2,1-4H3/b7-6+. The number of carbonyl (C=O) groups excluding carboxylic acids is 2. The SMILES string of the molecule is CCN1C(=O)CC(C(=O)OC)C12CCN(C/C=C/c1ccc(N(C)C)cc1)CC2. The Labute approximate surface area is 174 Å². The lowest BCUT2D eigenvalue weighted by molar-refractivity contribution is -0.150. The molecule has 2 aliphatic rings. The maximum atomic E-state index is 12.5. The highest BCUT2D eigenvalue weighted by atomic mass is 16.5. The number of piperidine rings is 1. The topological polar surface area (TPSA) is 53.1 Å². The molecule has 158 valence electrons. The predicted octanol–water partition coefficient (Wildman–Crippen LogP) is 2.64. The fourth-order valence-corrected chi connectivity index (χ4v) is 4.81. The molecule has 0 N–H and O–H groups in total. The van der Waals surface area contributed by atoms with Crippen LogP contribution < -0.4 is 4.90 Å². The Morgan fingerprint density at radius 1 is 1.24 bits per heavy atom. The molecule has 1 spiro atoms. The van der Waals surface area contributed by atoms with Crippen LogP contribution in [0.4, 0.5) is 5.69 Å². The van der Waals surface area contributed by atoms with Gasteiger partial charge in [0, 0.05) is 52.4 Å². The smallest absolute Gasteiger partial charge is 0.311 e. The number of rotatable bonds is 6. The van der Waals surface area contributed by atoms with Crippen molar-refractivity contribution in [2.24, 2.45) is 5.92 Å². The Balaban J connectivity index is 1.60. The molecule has 3 rings (SSSR count). The average Bonchev–Trinajstić information content (AvgIpc) is 3.00. The first kappa shape index (κ1) is 21.4. The maximum absolute atomic E-state index is 12.5. The monoisotopic (exact) mass is 399 g/mol. The highest BCUT2D eigenvalue weighted by Gasteiger charge is 2.56. The van der Waals surface area contributed by atoms with Gasteiger partial charge in [-0.15, -0.1) is 0 Å². The van der Waals surface area contributed by atoms with E-state index in [1.807, 2.05) is 25.9 Å². The second kappa shape index (κ2) is 8.99. The van der Waals surface area contributed by atoms with E-state index in [9.17, 15) is 9.59 Å². The molecule has 2 aliphatic heterocycles. The molecule has 1 aromatic rings. The zero-order valence-electron chi connectivity index (χ0n) is 18.1. The van der Waals surface area contributed by atoms with Crippen LogP contribution in [-0.4, -0.2) is 74.6 Å². The summed E-state index contributed by atoms with van der Waals surface area (Å²) in [5, 5.41) is 0. The zero-order chi connectivity index (χ0) is 21.0. The third kappa shape index (κ3) is 4.32. The molecule has 1 atom stereocenters. The van der Waals surface area contributed by atoms with Crippen molar-refractivity contribution >= 4 is 23.6 Å². The second-order valence-corrected chi connectivity index (χ2v) is 8.21. The lowest BCUT2D eigenvalue weighted by atomic mass is 9.76. The van der Waals surface area contributed by atoms with Gasteiger partial charge in [0.25, 0.3) is 0 Å². The van der Waals surface area contributed by atoms with Crippen molar-refractivity contribution in [2.45, 2.75) is 31.7 Å². The van der Waals surface area contributed by atoms with Crippen LogP contribution >= 0.6 is 0 Å². The van der Waals surface area contributed by atoms with Gasteiger partial charge < -0.3 is 14.5 Å². The number of amides is 1. The quantitative estimate of drug-likeness (QED) is 0.689. The number of likely N-dealkylation sites (tertiary alicyclic amines) is 2. The van der Waals surface area contributed by atoms with Gasteiger partial charge in [0.2, 0.25) is 5.91 Å². The molecule has 29 heavy (non-hydrogen) atoms. The Morgan fingerprint density at radius 2 is 1.90 bits per heavy atom. The number of hydrogen-bond donors (Lipinski definition) is 0. The second-order valence-electron chi connectivity index (χ2n) is 8.21. The van der Waals surface area contributed by atoms with Crippen LogP contribution in [0, 0.1) is 5.92 Å². The van der Waals surface area contributed by atoms with Gasteiger partial charge in [-0.25, -0.2) is 0 Å². The molecule has 1 aromatic carbocycles. The molecule has 1 unspecified atom stereocenters. The molecule has 2 heterocycles. The fourth-order valence-electron chi connectivity index (χ4n) is 4.81. The van der Waals surface area contributed by atoms with Gasteiger partial charge in [-0.1, -0.05) is 24.3 Å². The van der Waals surface area contributed by atoms with Crippen molar-refractivity contribution in [2.75, 3.05) is 52.3 Å². The molecule has 0 bridgehead atoms. The Kier molecular flexibility index (Phi) is 6.63. The first-order valence-electron chi connectivity index (χ1n) is 10.5. The van der Waals surface area contributed by atoms with Gasteiger partial charge in [-0.2, -0.15) is 0 Å². The molecule has 2 fully saturated rings. The summed E-state index contributed by atoms with van der Waals surface area (Å²) in [6, 6.07) is 8.49. The fraction of sp³-hybridized carbons (Fsp3) is 0.565. The highest BCUT2D eigenvalue weighted by Crippen LogP contribution is 2.44. The van der Waals surface area contributed by atoms with E-state index in [1.165, 1.54) is 18.4 Å². The van der Waals surface area contributed by atoms with Gasteiger partial charge in [-0.3, -0.25) is 14.5 Å². The van der Waals surface area contributed by atoms with Gasteiger partial charge >= 0.3 is 5.97 Å². The summed E-state index contributed by atoms with van der Waals surface area (Å²) in [5.41, 5.74) is 2.00. The lowest BCUT2D eigenvalue weighted by Crippen LogP contribution is -2.57. The minimum Gasteiger partial charge on any atom is -0.469 e. The van der Waals surface area contributed by atoms with E-state index in [4.69, 9.17) is 4.74 Å². The molecular weight excluding hydrogens is 366 g/mol. The van der Waals surface area contributed by atoms with E-state index in [0.29, 0.717) is 6.54 Å². The molecule has 2 saturated heterocycles. The molecule has 0 saturated carbocycles. The zero-order valence-corrected chi connectivity index (χ0v) is 18.1. The van der Waals surface area contributed by atoms with Gasteiger partial charge in [0.15, 0.2) is 0 Å². The molecule has 0 radical (unpaired) electrons. The van der Waals surface area contributed by atoms with Crippen molar-refractivity contribution < 1.29 is 14.3 Å². The lowest BCUT2D eigenvalue weighted by Gasteiger charge is -2.46. The van der Waals surface area contributed by atoms with E-state index in [2.05, 4.69) is 46.2 Å². The molecular formula is C23H33N3O3. The van der Waals surface area contributed by atoms with E-state index in [1.54, 1.807) is 0 Å². The summed E-state index contributed by atoms with van der Waals surface area (Å²) in [7, 11) is 5.49. The van der Waals surface area contributed by atoms with E-state index in [-0.39, 0.29) is 29.8 Å². The summed E-state index contributed by atoms with van der Waals surface area (Å²) in [5.74, 6) is -0.505. The summed E-state index contributed by atoms with van der Waals surface area (Å²) < 4.78 is 5.02. The minimum atomic E-state index is -0.374. The first-order chi connectivity index (χ1) is 13.9. The van der Waals surface area contributed by atoms with Crippen LogP contribution in [0.15, 0.2) is 30.3 Å². The van der Waals surface area contributed by atoms with E-state index in [0.717, 1.165) is 32.5 Å². The van der Waals surface area contributed by atoms with Crippen LogP contribution in [-0.2, 0) is 14.3 Å². The van der Waals surface area contributed by atoms with Crippen molar-refractivity contribution in [1.82, 2.24) is 9.80 Å². The largest absolute Gasteiger partial charge is 0.469 e. The Morgan fingerprint density at radius 3 is 2.45 bits per heavy atom. The molecule has 0 aliphatic carbocycles. The van der Waals surface area contributed by atoms with Crippen LogP contribution in [0.1, 0.15) is 31.7 Å². The van der Waals surface area contributed by atoms with E-state index >= 15 is 0 Å². The Bertz CT molecular complexity index is 747. The van der Waals surface area contributed by atoms with Crippen LogP contribution in [0.3, 0.4) is 0 Å². The number of nitrogens with zero attached hydrogens (tertiary/aromatic N) is 3. The number of ether oxygens (including phenoxy) is 1. The maximum Gasteiger partial charge on any atom is 0.311 e. The van der Waals surface area contributed by atoms with Crippen molar-refractivity contribution in [3.63, 3.8) is 0 Å². The third-order valence-corrected chi connectivity index (χ3v) is 6.47. The number of anilines is 1. The third-order valence-electron chi connectivity index (χ3n) is 6.47. The van der Waals surface area contributed by atoms with Crippen molar-refractivity contribution in [3.05, 3.63) is 35.9 Å². The molecule has 6 nitrogen and oxygen atoms in total. The van der Waals surface area contributed by atoms with Crippen LogP contribution in [0.2, 0.25) is 0 Å². The number of esters is 1. The van der Waals surface area contributed by atoms with E-state index < -0.39 is 0 Å². The van der Waals surface area contributed by atoms with Gasteiger partial charge in [-0.05, 0) is 37.5 Å². The number of benzene rings is 1. The summed E-state index contributed by atoms with van der Waals surface area (Å²) in [4.78, 5) is 31.2.